The summed E-state index contributed by atoms with van der Waals surface area (Å²) >= 11 is 0. The first-order valence-electron chi connectivity index (χ1n) is 25.4. The molecule has 0 amide bonds. The zero-order valence-corrected chi connectivity index (χ0v) is 40.8. The van der Waals surface area contributed by atoms with Gasteiger partial charge in [0.25, 0.3) is 0 Å². The lowest BCUT2D eigenvalue weighted by Gasteiger charge is -2.30. The summed E-state index contributed by atoms with van der Waals surface area (Å²) in [4.78, 5) is 7.10. The van der Waals surface area contributed by atoms with Crippen LogP contribution in [0.3, 0.4) is 0 Å². The number of anilines is 9. The van der Waals surface area contributed by atoms with Crippen molar-refractivity contribution in [3.05, 3.63) is 285 Å². The van der Waals surface area contributed by atoms with E-state index in [1.807, 2.05) is 12.1 Å². The fourth-order valence-electron chi connectivity index (χ4n) is 10.9. The molecular weight excluding hydrogens is 915 g/mol. The third kappa shape index (κ3) is 7.82. The van der Waals surface area contributed by atoms with Gasteiger partial charge in [0.2, 0.25) is 0 Å². The van der Waals surface area contributed by atoms with Crippen LogP contribution in [-0.4, -0.2) is 0 Å². The normalized spacial score (nSPS) is 11.5. The minimum absolute atomic E-state index is 0.765. The topological polar surface area (TPSA) is 36.0 Å². The molecule has 0 saturated carbocycles. The zero-order valence-electron chi connectivity index (χ0n) is 40.8. The number of nitrogens with zero attached hydrogens (tertiary/aromatic N) is 3. The summed E-state index contributed by atoms with van der Waals surface area (Å²) in [6.07, 6.45) is 0. The van der Waals surface area contributed by atoms with E-state index >= 15 is 0 Å². The Balaban J connectivity index is 1.07. The highest BCUT2D eigenvalue weighted by Gasteiger charge is 2.27. The molecule has 12 aromatic carbocycles. The van der Waals surface area contributed by atoms with Crippen molar-refractivity contribution in [3.8, 4) is 22.3 Å². The molecule has 0 atom stereocenters. The van der Waals surface area contributed by atoms with Crippen LogP contribution in [0, 0.1) is 0 Å². The number of furan rings is 2. The van der Waals surface area contributed by atoms with Crippen molar-refractivity contribution in [1.82, 2.24) is 0 Å². The molecule has 0 unspecified atom stereocenters. The van der Waals surface area contributed by atoms with Crippen LogP contribution >= 0.6 is 0 Å². The van der Waals surface area contributed by atoms with Crippen LogP contribution in [0.1, 0.15) is 0 Å². The lowest BCUT2D eigenvalue weighted by atomic mass is 9.99. The first kappa shape index (κ1) is 43.7. The van der Waals surface area contributed by atoms with Gasteiger partial charge >= 0.3 is 0 Å². The zero-order chi connectivity index (χ0) is 49.7. The molecule has 354 valence electrons. The molecule has 14 aromatic rings. The van der Waals surface area contributed by atoms with Crippen molar-refractivity contribution in [3.63, 3.8) is 0 Å². The maximum Gasteiger partial charge on any atom is 0.143 e. The smallest absolute Gasteiger partial charge is 0.143 e. The molecule has 75 heavy (non-hydrogen) atoms. The SMILES string of the molecule is c1ccc(-c2ccc(N(c3ccc(-c4ccccc4)cc3)c3cc(N(c4ccccc4)c4ccccc4)cc4oc5c6ccccc6c(N(c6ccccc6)c6ccc7oc8ccccc8c7c6)cc5c34)cc2)cc1. The second-order valence-corrected chi connectivity index (χ2v) is 18.9. The van der Waals surface area contributed by atoms with E-state index in [4.69, 9.17) is 8.83 Å². The summed E-state index contributed by atoms with van der Waals surface area (Å²) in [6, 6.07) is 101. The number of fused-ring (bicyclic) bond motifs is 8. The molecule has 0 spiro atoms. The minimum atomic E-state index is 0.765. The Morgan fingerprint density at radius 1 is 0.213 bits per heavy atom. The number of hydrogen-bond acceptors (Lipinski definition) is 5. The summed E-state index contributed by atoms with van der Waals surface area (Å²) in [5.41, 5.74) is 17.0. The first-order valence-corrected chi connectivity index (χ1v) is 25.4. The molecule has 0 aliphatic carbocycles. The molecule has 5 heteroatoms. The summed E-state index contributed by atoms with van der Waals surface area (Å²) in [5, 5.41) is 6.20. The van der Waals surface area contributed by atoms with Crippen molar-refractivity contribution in [2.24, 2.45) is 0 Å². The number of para-hydroxylation sites is 4. The Hall–Kier alpha value is -10.1. The quantitative estimate of drug-likeness (QED) is 0.129. The molecule has 2 heterocycles. The van der Waals surface area contributed by atoms with Crippen LogP contribution in [0.15, 0.2) is 294 Å². The summed E-state index contributed by atoms with van der Waals surface area (Å²) in [7, 11) is 0. The molecule has 2 aromatic heterocycles. The van der Waals surface area contributed by atoms with Crippen molar-refractivity contribution < 1.29 is 8.83 Å². The molecule has 14 rings (SSSR count). The maximum absolute atomic E-state index is 7.40. The number of rotatable bonds is 11. The van der Waals surface area contributed by atoms with Gasteiger partial charge in [-0.05, 0) is 119 Å². The van der Waals surface area contributed by atoms with Gasteiger partial charge in [0.15, 0.2) is 0 Å². The first-order chi connectivity index (χ1) is 37.2. The van der Waals surface area contributed by atoms with Crippen LogP contribution < -0.4 is 14.7 Å². The van der Waals surface area contributed by atoms with Crippen LogP contribution in [0.4, 0.5) is 51.2 Å². The third-order valence-corrected chi connectivity index (χ3v) is 14.4. The van der Waals surface area contributed by atoms with Gasteiger partial charge in [-0.15, -0.1) is 0 Å². The van der Waals surface area contributed by atoms with Crippen molar-refractivity contribution in [2.45, 2.75) is 0 Å². The predicted molar refractivity (Wildman–Crippen MR) is 313 cm³/mol. The minimum Gasteiger partial charge on any atom is -0.456 e. The second kappa shape index (κ2) is 18.5. The molecule has 5 nitrogen and oxygen atoms in total. The van der Waals surface area contributed by atoms with Gasteiger partial charge in [-0.25, -0.2) is 0 Å². The second-order valence-electron chi connectivity index (χ2n) is 18.9. The number of hydrogen-bond donors (Lipinski definition) is 0. The van der Waals surface area contributed by atoms with Crippen LogP contribution in [0.2, 0.25) is 0 Å². The standard InChI is InChI=1S/C70H47N3O2/c1-6-20-48(21-7-1)50-34-38-55(39-35-50)72(56-40-36-51(37-41-56)49-22-8-2-9-23-49)65-45-58(71(52-24-10-3-11-25-52)53-26-12-4-13-27-53)46-68-69(65)63-47-64(59-30-16-17-32-61(59)70(63)75-68)73(54-28-14-5-15-29-54)57-42-43-67-62(44-57)60-31-18-19-33-66(60)74-67/h1-47H. The molecule has 0 bridgehead atoms. The summed E-state index contributed by atoms with van der Waals surface area (Å²) in [6.45, 7) is 0. The fraction of sp³-hybridized carbons (Fsp3) is 0. The van der Waals surface area contributed by atoms with Crippen molar-refractivity contribution in [1.29, 1.82) is 0 Å². The van der Waals surface area contributed by atoms with E-state index in [0.29, 0.717) is 0 Å². The monoisotopic (exact) mass is 961 g/mol. The molecule has 0 N–H and O–H groups in total. The van der Waals surface area contributed by atoms with Crippen molar-refractivity contribution in [2.75, 3.05) is 14.7 Å². The lowest BCUT2D eigenvalue weighted by Crippen LogP contribution is -2.13. The molecule has 0 radical (unpaired) electrons. The highest BCUT2D eigenvalue weighted by molar-refractivity contribution is 6.24. The van der Waals surface area contributed by atoms with Gasteiger partial charge in [0.05, 0.1) is 22.4 Å². The molecule has 0 aliphatic rings. The van der Waals surface area contributed by atoms with Gasteiger partial charge in [-0.2, -0.15) is 0 Å². The highest BCUT2D eigenvalue weighted by atomic mass is 16.3. The van der Waals surface area contributed by atoms with E-state index in [9.17, 15) is 0 Å². The molecular formula is C70H47N3O2. The fourth-order valence-corrected chi connectivity index (χ4v) is 10.9. The Kier molecular flexibility index (Phi) is 10.8. The van der Waals surface area contributed by atoms with Crippen molar-refractivity contribution >= 4 is 106 Å². The van der Waals surface area contributed by atoms with E-state index in [1.54, 1.807) is 0 Å². The van der Waals surface area contributed by atoms with Crippen LogP contribution in [-0.2, 0) is 0 Å². The van der Waals surface area contributed by atoms with E-state index in [1.165, 1.54) is 0 Å². The summed E-state index contributed by atoms with van der Waals surface area (Å²) in [5.74, 6) is 0. The Labute approximate surface area is 434 Å². The number of benzene rings is 12. The van der Waals surface area contributed by atoms with Crippen LogP contribution in [0.25, 0.3) is 76.9 Å². The Bertz CT molecular complexity index is 4210. The third-order valence-electron chi connectivity index (χ3n) is 14.4. The molecule has 0 saturated heterocycles. The highest BCUT2D eigenvalue weighted by Crippen LogP contribution is 2.51. The van der Waals surface area contributed by atoms with E-state index in [-0.39, 0.29) is 0 Å². The van der Waals surface area contributed by atoms with Gasteiger partial charge in [0.1, 0.15) is 22.3 Å². The molecule has 0 fully saturated rings. The Morgan fingerprint density at radius 2 is 0.640 bits per heavy atom. The van der Waals surface area contributed by atoms with E-state index < -0.39 is 0 Å². The van der Waals surface area contributed by atoms with Gasteiger partial charge < -0.3 is 23.5 Å². The Morgan fingerprint density at radius 3 is 1.21 bits per heavy atom. The van der Waals surface area contributed by atoms with Gasteiger partial charge in [0, 0.05) is 67.1 Å². The molecule has 0 aliphatic heterocycles. The predicted octanol–water partition coefficient (Wildman–Crippen LogP) is 20.4. The van der Waals surface area contributed by atoms with Crippen LogP contribution in [0.5, 0.6) is 0 Å². The van der Waals surface area contributed by atoms with Gasteiger partial charge in [-0.3, -0.25) is 0 Å². The van der Waals surface area contributed by atoms with E-state index in [2.05, 4.69) is 288 Å². The lowest BCUT2D eigenvalue weighted by molar-refractivity contribution is 0.669. The maximum atomic E-state index is 7.40. The average Bonchev–Trinajstić information content (AvgIpc) is 4.09. The van der Waals surface area contributed by atoms with Gasteiger partial charge in [-0.1, -0.05) is 182 Å². The van der Waals surface area contributed by atoms with E-state index in [0.717, 1.165) is 128 Å². The average molecular weight is 962 g/mol. The summed E-state index contributed by atoms with van der Waals surface area (Å²) < 4.78 is 13.8. The largest absolute Gasteiger partial charge is 0.456 e.